The van der Waals surface area contributed by atoms with Crippen LogP contribution in [0.2, 0.25) is 10.0 Å². The van der Waals surface area contributed by atoms with Crippen LogP contribution in [0.25, 0.3) is 0 Å². The van der Waals surface area contributed by atoms with Gasteiger partial charge in [0.15, 0.2) is 6.10 Å². The predicted octanol–water partition coefficient (Wildman–Crippen LogP) is 5.03. The molecule has 0 aliphatic heterocycles. The van der Waals surface area contributed by atoms with E-state index in [1.165, 1.54) is 6.92 Å². The Labute approximate surface area is 168 Å². The van der Waals surface area contributed by atoms with Gasteiger partial charge in [-0.25, -0.2) is 0 Å². The Morgan fingerprint density at radius 2 is 1.78 bits per heavy atom. The molecule has 0 aliphatic carbocycles. The number of para-hydroxylation sites is 1. The number of anilines is 1. The van der Waals surface area contributed by atoms with Gasteiger partial charge in [-0.15, -0.1) is 0 Å². The minimum atomic E-state index is -0.970. The van der Waals surface area contributed by atoms with E-state index in [0.29, 0.717) is 28.8 Å². The summed E-state index contributed by atoms with van der Waals surface area (Å²) in [6.45, 7) is 3.85. The Balaban J connectivity index is 1.73. The topological polar surface area (TPSA) is 64.6 Å². The van der Waals surface area contributed by atoms with Gasteiger partial charge in [-0.05, 0) is 50.1 Å². The molecule has 0 bridgehead atoms. The molecule has 0 saturated heterocycles. The number of hydrogen-bond donors (Lipinski definition) is 1. The summed E-state index contributed by atoms with van der Waals surface area (Å²) < 4.78 is 10.7. The van der Waals surface area contributed by atoms with Crippen LogP contribution in [0.4, 0.5) is 5.69 Å². The van der Waals surface area contributed by atoms with Crippen LogP contribution in [0, 0.1) is 6.92 Å². The van der Waals surface area contributed by atoms with Crippen molar-refractivity contribution in [2.75, 3.05) is 11.9 Å². The second-order valence-electron chi connectivity index (χ2n) is 5.99. The monoisotopic (exact) mass is 409 g/mol. The molecule has 0 unspecified atom stereocenters. The molecule has 1 N–H and O–H groups in total. The molecule has 27 heavy (non-hydrogen) atoms. The van der Waals surface area contributed by atoms with Crippen molar-refractivity contribution in [1.82, 2.24) is 0 Å². The van der Waals surface area contributed by atoms with Crippen molar-refractivity contribution in [3.8, 4) is 5.75 Å². The molecule has 0 spiro atoms. The Morgan fingerprint density at radius 1 is 1.11 bits per heavy atom. The van der Waals surface area contributed by atoms with Gasteiger partial charge in [0.05, 0.1) is 22.3 Å². The molecule has 1 amide bonds. The van der Waals surface area contributed by atoms with Crippen LogP contribution in [0.15, 0.2) is 42.5 Å². The first kappa shape index (κ1) is 21.1. The highest BCUT2D eigenvalue weighted by Gasteiger charge is 2.19. The van der Waals surface area contributed by atoms with Crippen molar-refractivity contribution in [3.05, 3.63) is 58.1 Å². The first-order valence-electron chi connectivity index (χ1n) is 8.50. The molecule has 0 radical (unpaired) electrons. The van der Waals surface area contributed by atoms with E-state index < -0.39 is 18.0 Å². The number of aryl methyl sites for hydroxylation is 1. The summed E-state index contributed by atoms with van der Waals surface area (Å²) in [7, 11) is 0. The number of carbonyl (C=O) groups excluding carboxylic acids is 2. The van der Waals surface area contributed by atoms with Crippen molar-refractivity contribution in [2.45, 2.75) is 32.8 Å². The van der Waals surface area contributed by atoms with Crippen LogP contribution >= 0.6 is 23.2 Å². The fraction of sp³-hybridized carbons (Fsp3) is 0.300. The van der Waals surface area contributed by atoms with Gasteiger partial charge in [0.25, 0.3) is 5.91 Å². The van der Waals surface area contributed by atoms with E-state index in [9.17, 15) is 9.59 Å². The number of esters is 1. The van der Waals surface area contributed by atoms with E-state index in [1.54, 1.807) is 18.2 Å². The van der Waals surface area contributed by atoms with E-state index in [0.717, 1.165) is 11.3 Å². The number of ether oxygens (including phenoxy) is 2. The Kier molecular flexibility index (Phi) is 7.95. The van der Waals surface area contributed by atoms with Gasteiger partial charge >= 0.3 is 5.97 Å². The molecule has 0 heterocycles. The van der Waals surface area contributed by atoms with Crippen molar-refractivity contribution >= 4 is 40.8 Å². The van der Waals surface area contributed by atoms with Crippen molar-refractivity contribution < 1.29 is 19.1 Å². The molecule has 2 aromatic carbocycles. The Bertz CT molecular complexity index is 790. The van der Waals surface area contributed by atoms with Gasteiger partial charge < -0.3 is 14.8 Å². The van der Waals surface area contributed by atoms with Gasteiger partial charge in [-0.1, -0.05) is 41.4 Å². The maximum absolute atomic E-state index is 12.2. The lowest BCUT2D eigenvalue weighted by atomic mass is 10.2. The fourth-order valence-electron chi connectivity index (χ4n) is 2.26. The van der Waals surface area contributed by atoms with Gasteiger partial charge in [0, 0.05) is 6.42 Å². The van der Waals surface area contributed by atoms with E-state index in [4.69, 9.17) is 32.7 Å². The highest BCUT2D eigenvalue weighted by atomic mass is 35.5. The highest BCUT2D eigenvalue weighted by molar-refractivity contribution is 6.39. The summed E-state index contributed by atoms with van der Waals surface area (Å²) in [5, 5.41) is 3.19. The fourth-order valence-corrected chi connectivity index (χ4v) is 2.76. The lowest BCUT2D eigenvalue weighted by Crippen LogP contribution is -2.30. The Morgan fingerprint density at radius 3 is 2.44 bits per heavy atom. The number of nitrogens with one attached hydrogen (secondary N) is 1. The van der Waals surface area contributed by atoms with Gasteiger partial charge in [-0.3, -0.25) is 9.59 Å². The first-order chi connectivity index (χ1) is 12.9. The van der Waals surface area contributed by atoms with Crippen LogP contribution in [0.5, 0.6) is 5.75 Å². The largest absolute Gasteiger partial charge is 0.494 e. The van der Waals surface area contributed by atoms with Crippen LogP contribution in [0.3, 0.4) is 0 Å². The van der Waals surface area contributed by atoms with Crippen LogP contribution in [-0.4, -0.2) is 24.6 Å². The summed E-state index contributed by atoms with van der Waals surface area (Å²) in [5.41, 5.74) is 1.39. The third kappa shape index (κ3) is 6.77. The summed E-state index contributed by atoms with van der Waals surface area (Å²) in [5.74, 6) is -0.224. The average Bonchev–Trinajstić information content (AvgIpc) is 2.62. The van der Waals surface area contributed by atoms with E-state index in [-0.39, 0.29) is 6.42 Å². The second-order valence-corrected chi connectivity index (χ2v) is 6.80. The molecule has 5 nitrogen and oxygen atoms in total. The van der Waals surface area contributed by atoms with Crippen molar-refractivity contribution in [3.63, 3.8) is 0 Å². The molecular weight excluding hydrogens is 389 g/mol. The van der Waals surface area contributed by atoms with Crippen molar-refractivity contribution in [1.29, 1.82) is 0 Å². The summed E-state index contributed by atoms with van der Waals surface area (Å²) in [6.07, 6.45) is -0.337. The summed E-state index contributed by atoms with van der Waals surface area (Å²) in [4.78, 5) is 24.1. The Hall–Kier alpha value is -2.24. The predicted molar refractivity (Wildman–Crippen MR) is 107 cm³/mol. The van der Waals surface area contributed by atoms with Gasteiger partial charge in [-0.2, -0.15) is 0 Å². The quantitative estimate of drug-likeness (QED) is 0.490. The first-order valence-corrected chi connectivity index (χ1v) is 9.26. The molecule has 0 fully saturated rings. The standard InChI is InChI=1S/C20H21Cl2NO4/c1-13-6-3-7-15(12-13)26-11-5-10-18(24)27-14(2)20(25)23-19-16(21)8-4-9-17(19)22/h3-4,6-9,12,14H,5,10-11H2,1-2H3,(H,23,25)/t14-/m1/s1. The smallest absolute Gasteiger partial charge is 0.306 e. The third-order valence-corrected chi connectivity index (χ3v) is 4.30. The highest BCUT2D eigenvalue weighted by Crippen LogP contribution is 2.29. The maximum Gasteiger partial charge on any atom is 0.306 e. The lowest BCUT2D eigenvalue weighted by Gasteiger charge is -2.15. The van der Waals surface area contributed by atoms with E-state index in [2.05, 4.69) is 5.32 Å². The number of rotatable bonds is 8. The number of hydrogen-bond acceptors (Lipinski definition) is 4. The molecule has 1 atom stereocenters. The van der Waals surface area contributed by atoms with Crippen LogP contribution < -0.4 is 10.1 Å². The number of carbonyl (C=O) groups is 2. The SMILES string of the molecule is Cc1cccc(OCCCC(=O)O[C@H](C)C(=O)Nc2c(Cl)cccc2Cl)c1. The minimum absolute atomic E-state index is 0.149. The molecule has 7 heteroatoms. The number of halogens is 2. The minimum Gasteiger partial charge on any atom is -0.494 e. The number of amides is 1. The molecule has 0 aliphatic rings. The summed E-state index contributed by atoms with van der Waals surface area (Å²) >= 11 is 12.0. The third-order valence-electron chi connectivity index (χ3n) is 3.67. The second kappa shape index (κ2) is 10.2. The van der Waals surface area contributed by atoms with E-state index >= 15 is 0 Å². The number of benzene rings is 2. The lowest BCUT2D eigenvalue weighted by molar-refractivity contribution is -0.153. The summed E-state index contributed by atoms with van der Waals surface area (Å²) in [6, 6.07) is 12.5. The van der Waals surface area contributed by atoms with Gasteiger partial charge in [0.2, 0.25) is 0 Å². The van der Waals surface area contributed by atoms with E-state index in [1.807, 2.05) is 31.2 Å². The normalized spacial score (nSPS) is 11.6. The molecule has 0 aromatic heterocycles. The zero-order valence-electron chi connectivity index (χ0n) is 15.1. The van der Waals surface area contributed by atoms with Crippen molar-refractivity contribution in [2.24, 2.45) is 0 Å². The molecule has 2 rings (SSSR count). The zero-order chi connectivity index (χ0) is 19.8. The maximum atomic E-state index is 12.2. The molecule has 144 valence electrons. The molecule has 2 aromatic rings. The molecular formula is C20H21Cl2NO4. The molecule has 0 saturated carbocycles. The average molecular weight is 410 g/mol. The zero-order valence-corrected chi connectivity index (χ0v) is 16.6. The van der Waals surface area contributed by atoms with Crippen LogP contribution in [0.1, 0.15) is 25.3 Å². The van der Waals surface area contributed by atoms with Gasteiger partial charge in [0.1, 0.15) is 5.75 Å². The van der Waals surface area contributed by atoms with Crippen LogP contribution in [-0.2, 0) is 14.3 Å².